The number of methoxy groups -OCH3 is 1. The van der Waals surface area contributed by atoms with Gasteiger partial charge in [0, 0.05) is 10.7 Å². The maximum atomic E-state index is 5.88. The molecule has 0 aromatic heterocycles. The Bertz CT molecular complexity index is 293. The molecule has 13 heavy (non-hydrogen) atoms. The van der Waals surface area contributed by atoms with E-state index in [0.717, 1.165) is 14.2 Å². The molecule has 0 amide bonds. The van der Waals surface area contributed by atoms with Gasteiger partial charge in [-0.2, -0.15) is 0 Å². The maximum Gasteiger partial charge on any atom is 0.0655 e. The molecular formula is C9H11ClINO. The van der Waals surface area contributed by atoms with Crippen molar-refractivity contribution in [2.75, 3.05) is 13.7 Å². The van der Waals surface area contributed by atoms with Gasteiger partial charge in [0.05, 0.1) is 17.7 Å². The van der Waals surface area contributed by atoms with Crippen LogP contribution in [0.1, 0.15) is 11.6 Å². The summed E-state index contributed by atoms with van der Waals surface area (Å²) in [7, 11) is 1.64. The third-order valence-corrected chi connectivity index (χ3v) is 3.26. The average molecular weight is 312 g/mol. The molecular weight excluding hydrogens is 300 g/mol. The fourth-order valence-electron chi connectivity index (χ4n) is 1.02. The first-order valence-corrected chi connectivity index (χ1v) is 5.30. The van der Waals surface area contributed by atoms with Crippen LogP contribution in [-0.4, -0.2) is 13.7 Å². The van der Waals surface area contributed by atoms with Gasteiger partial charge in [-0.25, -0.2) is 0 Å². The Morgan fingerprint density at radius 1 is 1.62 bits per heavy atom. The second kappa shape index (κ2) is 5.14. The molecule has 0 spiro atoms. The lowest BCUT2D eigenvalue weighted by Gasteiger charge is -2.11. The predicted octanol–water partition coefficient (Wildman–Crippen LogP) is 2.59. The zero-order valence-electron chi connectivity index (χ0n) is 7.26. The van der Waals surface area contributed by atoms with Crippen LogP contribution in [-0.2, 0) is 4.74 Å². The molecule has 0 aliphatic rings. The van der Waals surface area contributed by atoms with E-state index < -0.39 is 0 Å². The largest absolute Gasteiger partial charge is 0.383 e. The van der Waals surface area contributed by atoms with Crippen molar-refractivity contribution >= 4 is 34.2 Å². The van der Waals surface area contributed by atoms with Gasteiger partial charge in [0.15, 0.2) is 0 Å². The molecule has 1 aromatic carbocycles. The van der Waals surface area contributed by atoms with Gasteiger partial charge in [0.1, 0.15) is 0 Å². The van der Waals surface area contributed by atoms with Gasteiger partial charge in [-0.05, 0) is 40.3 Å². The number of nitrogens with two attached hydrogens (primary N) is 1. The highest BCUT2D eigenvalue weighted by Crippen LogP contribution is 2.22. The average Bonchev–Trinajstić information content (AvgIpc) is 2.10. The van der Waals surface area contributed by atoms with E-state index in [0.29, 0.717) is 6.61 Å². The van der Waals surface area contributed by atoms with E-state index in [1.54, 1.807) is 7.11 Å². The van der Waals surface area contributed by atoms with Crippen LogP contribution in [0, 0.1) is 3.57 Å². The highest BCUT2D eigenvalue weighted by Gasteiger charge is 2.06. The zero-order valence-corrected chi connectivity index (χ0v) is 10.2. The summed E-state index contributed by atoms with van der Waals surface area (Å²) in [5.41, 5.74) is 6.90. The fourth-order valence-corrected chi connectivity index (χ4v) is 1.68. The topological polar surface area (TPSA) is 35.2 Å². The number of hydrogen-bond acceptors (Lipinski definition) is 2. The summed E-state index contributed by atoms with van der Waals surface area (Å²) in [5, 5.41) is 0.758. The first-order valence-electron chi connectivity index (χ1n) is 3.84. The maximum absolute atomic E-state index is 5.88. The molecule has 1 atom stereocenters. The minimum absolute atomic E-state index is 0.0733. The molecule has 0 saturated heterocycles. The summed E-state index contributed by atoms with van der Waals surface area (Å²) < 4.78 is 5.98. The summed E-state index contributed by atoms with van der Waals surface area (Å²) >= 11 is 8.07. The molecule has 4 heteroatoms. The summed E-state index contributed by atoms with van der Waals surface area (Å²) in [4.78, 5) is 0. The first kappa shape index (κ1) is 11.2. The van der Waals surface area contributed by atoms with Crippen molar-refractivity contribution in [2.24, 2.45) is 5.73 Å². The lowest BCUT2D eigenvalue weighted by Crippen LogP contribution is -2.16. The van der Waals surface area contributed by atoms with Crippen LogP contribution in [0.5, 0.6) is 0 Å². The van der Waals surface area contributed by atoms with Crippen molar-refractivity contribution in [3.8, 4) is 0 Å². The SMILES string of the molecule is COCC(N)c1ccc(Cl)c(I)c1. The van der Waals surface area contributed by atoms with Crippen LogP contribution < -0.4 is 5.73 Å². The number of hydrogen-bond donors (Lipinski definition) is 1. The van der Waals surface area contributed by atoms with E-state index in [9.17, 15) is 0 Å². The lowest BCUT2D eigenvalue weighted by atomic mass is 10.1. The van der Waals surface area contributed by atoms with Crippen molar-refractivity contribution in [1.29, 1.82) is 0 Å². The molecule has 0 aliphatic carbocycles. The standard InChI is InChI=1S/C9H11ClINO/c1-13-5-9(12)6-2-3-7(10)8(11)4-6/h2-4,9H,5,12H2,1H3. The van der Waals surface area contributed by atoms with E-state index in [1.165, 1.54) is 0 Å². The number of ether oxygens (including phenoxy) is 1. The summed E-state index contributed by atoms with van der Waals surface area (Å²) in [6.07, 6.45) is 0. The van der Waals surface area contributed by atoms with Crippen molar-refractivity contribution in [3.63, 3.8) is 0 Å². The Morgan fingerprint density at radius 3 is 2.85 bits per heavy atom. The highest BCUT2D eigenvalue weighted by atomic mass is 127. The van der Waals surface area contributed by atoms with Crippen LogP contribution in [0.25, 0.3) is 0 Å². The van der Waals surface area contributed by atoms with E-state index in [2.05, 4.69) is 22.6 Å². The molecule has 2 nitrogen and oxygen atoms in total. The van der Waals surface area contributed by atoms with Gasteiger partial charge >= 0.3 is 0 Å². The third kappa shape index (κ3) is 3.09. The quantitative estimate of drug-likeness (QED) is 0.871. The minimum atomic E-state index is -0.0733. The Hall–Kier alpha value is 0.160. The Balaban J connectivity index is 2.84. The number of halogens is 2. The smallest absolute Gasteiger partial charge is 0.0655 e. The van der Waals surface area contributed by atoms with Gasteiger partial charge in [0.25, 0.3) is 0 Å². The van der Waals surface area contributed by atoms with Gasteiger partial charge in [-0.1, -0.05) is 17.7 Å². The van der Waals surface area contributed by atoms with Crippen molar-refractivity contribution in [2.45, 2.75) is 6.04 Å². The van der Waals surface area contributed by atoms with Crippen LogP contribution in [0.15, 0.2) is 18.2 Å². The van der Waals surface area contributed by atoms with Gasteiger partial charge in [0.2, 0.25) is 0 Å². The van der Waals surface area contributed by atoms with Crippen molar-refractivity contribution in [3.05, 3.63) is 32.4 Å². The van der Waals surface area contributed by atoms with E-state index in [1.807, 2.05) is 18.2 Å². The van der Waals surface area contributed by atoms with Crippen molar-refractivity contribution < 1.29 is 4.74 Å². The molecule has 1 rings (SSSR count). The summed E-state index contributed by atoms with van der Waals surface area (Å²) in [5.74, 6) is 0. The second-order valence-corrected chi connectivity index (χ2v) is 4.30. The van der Waals surface area contributed by atoms with Crippen LogP contribution >= 0.6 is 34.2 Å². The second-order valence-electron chi connectivity index (χ2n) is 2.74. The van der Waals surface area contributed by atoms with Crippen LogP contribution in [0.4, 0.5) is 0 Å². The van der Waals surface area contributed by atoms with Gasteiger partial charge in [-0.3, -0.25) is 0 Å². The van der Waals surface area contributed by atoms with Crippen LogP contribution in [0.2, 0.25) is 5.02 Å². The molecule has 72 valence electrons. The molecule has 1 aromatic rings. The Labute approximate surface area is 96.5 Å². The fraction of sp³-hybridized carbons (Fsp3) is 0.333. The molecule has 0 heterocycles. The minimum Gasteiger partial charge on any atom is -0.383 e. The Morgan fingerprint density at radius 2 is 2.31 bits per heavy atom. The lowest BCUT2D eigenvalue weighted by molar-refractivity contribution is 0.181. The zero-order chi connectivity index (χ0) is 9.84. The molecule has 0 radical (unpaired) electrons. The van der Waals surface area contributed by atoms with E-state index >= 15 is 0 Å². The number of rotatable bonds is 3. The highest BCUT2D eigenvalue weighted by molar-refractivity contribution is 14.1. The van der Waals surface area contributed by atoms with Gasteiger partial charge in [-0.15, -0.1) is 0 Å². The van der Waals surface area contributed by atoms with Crippen molar-refractivity contribution in [1.82, 2.24) is 0 Å². The van der Waals surface area contributed by atoms with E-state index in [-0.39, 0.29) is 6.04 Å². The molecule has 0 fully saturated rings. The predicted molar refractivity (Wildman–Crippen MR) is 63.0 cm³/mol. The third-order valence-electron chi connectivity index (χ3n) is 1.72. The summed E-state index contributed by atoms with van der Waals surface area (Å²) in [6.45, 7) is 0.526. The Kier molecular flexibility index (Phi) is 4.45. The van der Waals surface area contributed by atoms with Gasteiger partial charge < -0.3 is 10.5 Å². The first-order chi connectivity index (χ1) is 6.15. The van der Waals surface area contributed by atoms with E-state index in [4.69, 9.17) is 22.1 Å². The summed E-state index contributed by atoms with van der Waals surface area (Å²) in [6, 6.07) is 5.69. The molecule has 0 bridgehead atoms. The monoisotopic (exact) mass is 311 g/mol. The van der Waals surface area contributed by atoms with Crippen LogP contribution in [0.3, 0.4) is 0 Å². The number of benzene rings is 1. The normalized spacial score (nSPS) is 12.9. The molecule has 0 saturated carbocycles. The molecule has 2 N–H and O–H groups in total. The molecule has 0 aliphatic heterocycles. The molecule has 1 unspecified atom stereocenters.